The third kappa shape index (κ3) is 2.61. The van der Waals surface area contributed by atoms with E-state index in [2.05, 4.69) is 20.2 Å². The quantitative estimate of drug-likeness (QED) is 0.607. The van der Waals surface area contributed by atoms with Crippen LogP contribution in [0.4, 0.5) is 4.39 Å². The topological polar surface area (TPSA) is 113 Å². The van der Waals surface area contributed by atoms with E-state index in [1.54, 1.807) is 41.2 Å². The third-order valence-electron chi connectivity index (χ3n) is 3.63. The molecule has 4 aromatic rings. The molecule has 0 fully saturated rings. The lowest BCUT2D eigenvalue weighted by Crippen LogP contribution is -2.11. The molecule has 0 saturated carbocycles. The Balaban J connectivity index is 1.83. The molecule has 0 aliphatic carbocycles. The molecule has 4 rings (SSSR count). The van der Waals surface area contributed by atoms with Crippen LogP contribution in [0.2, 0.25) is 0 Å². The van der Waals surface area contributed by atoms with Gasteiger partial charge in [0.2, 0.25) is 5.82 Å². The van der Waals surface area contributed by atoms with Gasteiger partial charge in [0, 0.05) is 11.8 Å². The Hall–Kier alpha value is -3.62. The highest BCUT2D eigenvalue weighted by atomic mass is 19.1. The zero-order chi connectivity index (χ0) is 17.4. The largest absolute Gasteiger partial charge is 0.361 e. The van der Waals surface area contributed by atoms with Gasteiger partial charge in [-0.2, -0.15) is 10.1 Å². The molecule has 0 bridgehead atoms. The summed E-state index contributed by atoms with van der Waals surface area (Å²) < 4.78 is 20.3. The van der Waals surface area contributed by atoms with Crippen LogP contribution in [0, 0.1) is 5.82 Å². The summed E-state index contributed by atoms with van der Waals surface area (Å²) in [4.78, 5) is 19.4. The number of nitrogens with two attached hydrogens (primary N) is 1. The standard InChI is InChI=1S/C16H11FN6O2/c17-11-6-2-1-4-9(11)8-23-15-10(5-3-7-19-15)12(21-23)14-20-16(13(18)24)25-22-14/h1-7H,8H2,(H2,18,24). The van der Waals surface area contributed by atoms with E-state index in [-0.39, 0.29) is 24.1 Å². The number of benzene rings is 1. The van der Waals surface area contributed by atoms with Crippen LogP contribution >= 0.6 is 0 Å². The van der Waals surface area contributed by atoms with E-state index in [1.807, 2.05) is 0 Å². The van der Waals surface area contributed by atoms with Gasteiger partial charge in [0.25, 0.3) is 0 Å². The normalized spacial score (nSPS) is 11.1. The predicted molar refractivity (Wildman–Crippen MR) is 84.8 cm³/mol. The van der Waals surface area contributed by atoms with Crippen LogP contribution in [0.15, 0.2) is 47.1 Å². The number of pyridine rings is 1. The van der Waals surface area contributed by atoms with Crippen molar-refractivity contribution in [1.82, 2.24) is 24.9 Å². The lowest BCUT2D eigenvalue weighted by molar-refractivity contribution is 0.0958. The van der Waals surface area contributed by atoms with Crippen LogP contribution in [-0.2, 0) is 6.54 Å². The number of amides is 1. The molecule has 2 N–H and O–H groups in total. The highest BCUT2D eigenvalue weighted by Gasteiger charge is 2.20. The van der Waals surface area contributed by atoms with Crippen LogP contribution in [0.5, 0.6) is 0 Å². The molecular formula is C16H11FN6O2. The summed E-state index contributed by atoms with van der Waals surface area (Å²) in [5.74, 6) is -1.36. The molecule has 0 unspecified atom stereocenters. The molecule has 0 atom stereocenters. The summed E-state index contributed by atoms with van der Waals surface area (Å²) >= 11 is 0. The van der Waals surface area contributed by atoms with Gasteiger partial charge in [-0.1, -0.05) is 23.4 Å². The number of aromatic nitrogens is 5. The maximum atomic E-state index is 13.9. The number of carbonyl (C=O) groups excluding carboxylic acids is 1. The van der Waals surface area contributed by atoms with Gasteiger partial charge in [0.1, 0.15) is 11.5 Å². The SMILES string of the molecule is NC(=O)c1nc(-c2nn(Cc3ccccc3F)c3ncccc23)no1. The Bertz CT molecular complexity index is 1090. The van der Waals surface area contributed by atoms with Crippen LogP contribution in [0.1, 0.15) is 16.2 Å². The molecule has 1 aromatic carbocycles. The van der Waals surface area contributed by atoms with E-state index < -0.39 is 5.91 Å². The van der Waals surface area contributed by atoms with Gasteiger partial charge in [0.15, 0.2) is 5.65 Å². The average molecular weight is 338 g/mol. The summed E-state index contributed by atoms with van der Waals surface area (Å²) in [6.07, 6.45) is 1.61. The van der Waals surface area contributed by atoms with E-state index in [0.717, 1.165) is 0 Å². The second-order valence-corrected chi connectivity index (χ2v) is 5.26. The van der Waals surface area contributed by atoms with Crippen LogP contribution in [0.25, 0.3) is 22.6 Å². The zero-order valence-corrected chi connectivity index (χ0v) is 12.8. The molecule has 124 valence electrons. The first kappa shape index (κ1) is 14.9. The monoisotopic (exact) mass is 338 g/mol. The number of fused-ring (bicyclic) bond motifs is 1. The number of rotatable bonds is 4. The molecule has 3 heterocycles. The maximum absolute atomic E-state index is 13.9. The number of hydrogen-bond acceptors (Lipinski definition) is 6. The average Bonchev–Trinajstić information content (AvgIpc) is 3.22. The van der Waals surface area contributed by atoms with Gasteiger partial charge in [-0.15, -0.1) is 0 Å². The Morgan fingerprint density at radius 1 is 1.24 bits per heavy atom. The minimum absolute atomic E-state index is 0.110. The molecule has 8 nitrogen and oxygen atoms in total. The molecule has 1 amide bonds. The Morgan fingerprint density at radius 3 is 2.84 bits per heavy atom. The number of primary amides is 1. The molecule has 0 aliphatic heterocycles. The van der Waals surface area contributed by atoms with Crippen molar-refractivity contribution in [2.45, 2.75) is 6.54 Å². The summed E-state index contributed by atoms with van der Waals surface area (Å²) in [5.41, 5.74) is 6.50. The van der Waals surface area contributed by atoms with Crippen molar-refractivity contribution in [3.8, 4) is 11.5 Å². The van der Waals surface area contributed by atoms with Crippen LogP contribution < -0.4 is 5.73 Å². The summed E-state index contributed by atoms with van der Waals surface area (Å²) in [7, 11) is 0. The van der Waals surface area contributed by atoms with Crippen molar-refractivity contribution in [3.63, 3.8) is 0 Å². The molecule has 0 spiro atoms. The first-order valence-corrected chi connectivity index (χ1v) is 7.32. The molecule has 25 heavy (non-hydrogen) atoms. The Kier molecular flexibility index (Phi) is 3.46. The predicted octanol–water partition coefficient (Wildman–Crippen LogP) is 1.77. The fraction of sp³-hybridized carbons (Fsp3) is 0.0625. The van der Waals surface area contributed by atoms with Crippen molar-refractivity contribution < 1.29 is 13.7 Å². The highest BCUT2D eigenvalue weighted by molar-refractivity contribution is 5.91. The maximum Gasteiger partial charge on any atom is 0.316 e. The molecular weight excluding hydrogens is 327 g/mol. The summed E-state index contributed by atoms with van der Waals surface area (Å²) in [6, 6.07) is 9.93. The van der Waals surface area contributed by atoms with E-state index >= 15 is 0 Å². The third-order valence-corrected chi connectivity index (χ3v) is 3.63. The minimum atomic E-state index is -0.827. The molecule has 0 aliphatic rings. The molecule has 3 aromatic heterocycles. The summed E-state index contributed by atoms with van der Waals surface area (Å²) in [5, 5.41) is 8.80. The fourth-order valence-corrected chi connectivity index (χ4v) is 2.49. The van der Waals surface area contributed by atoms with E-state index in [4.69, 9.17) is 10.3 Å². The van der Waals surface area contributed by atoms with E-state index in [1.165, 1.54) is 6.07 Å². The van der Waals surface area contributed by atoms with Crippen molar-refractivity contribution in [3.05, 3.63) is 59.9 Å². The fourth-order valence-electron chi connectivity index (χ4n) is 2.49. The molecule has 9 heteroatoms. The highest BCUT2D eigenvalue weighted by Crippen LogP contribution is 2.25. The Morgan fingerprint density at radius 2 is 2.08 bits per heavy atom. The number of nitrogens with zero attached hydrogens (tertiary/aromatic N) is 5. The molecule has 0 radical (unpaired) electrons. The van der Waals surface area contributed by atoms with Crippen molar-refractivity contribution in [2.75, 3.05) is 0 Å². The smallest absolute Gasteiger partial charge is 0.316 e. The first-order chi connectivity index (χ1) is 12.1. The van der Waals surface area contributed by atoms with Gasteiger partial charge in [-0.05, 0) is 18.2 Å². The lowest BCUT2D eigenvalue weighted by atomic mass is 10.2. The van der Waals surface area contributed by atoms with Gasteiger partial charge >= 0.3 is 11.8 Å². The molecule has 0 saturated heterocycles. The summed E-state index contributed by atoms with van der Waals surface area (Å²) in [6.45, 7) is 0.181. The van der Waals surface area contributed by atoms with Crippen molar-refractivity contribution >= 4 is 16.9 Å². The van der Waals surface area contributed by atoms with Crippen molar-refractivity contribution in [1.29, 1.82) is 0 Å². The Labute approximate surface area is 140 Å². The number of hydrogen-bond donors (Lipinski definition) is 1. The number of carbonyl (C=O) groups is 1. The second kappa shape index (κ2) is 5.78. The first-order valence-electron chi connectivity index (χ1n) is 7.32. The minimum Gasteiger partial charge on any atom is -0.361 e. The van der Waals surface area contributed by atoms with E-state index in [0.29, 0.717) is 22.3 Å². The zero-order valence-electron chi connectivity index (χ0n) is 12.8. The van der Waals surface area contributed by atoms with Gasteiger partial charge in [0.05, 0.1) is 11.9 Å². The van der Waals surface area contributed by atoms with Gasteiger partial charge in [-0.25, -0.2) is 14.1 Å². The second-order valence-electron chi connectivity index (χ2n) is 5.26. The lowest BCUT2D eigenvalue weighted by Gasteiger charge is -2.04. The van der Waals surface area contributed by atoms with Crippen molar-refractivity contribution in [2.24, 2.45) is 5.73 Å². The van der Waals surface area contributed by atoms with Gasteiger partial charge in [-0.3, -0.25) is 4.79 Å². The van der Waals surface area contributed by atoms with Gasteiger partial charge < -0.3 is 10.3 Å². The van der Waals surface area contributed by atoms with Crippen LogP contribution in [-0.4, -0.2) is 30.8 Å². The number of halogens is 1. The van der Waals surface area contributed by atoms with Crippen LogP contribution in [0.3, 0.4) is 0 Å². The van der Waals surface area contributed by atoms with E-state index in [9.17, 15) is 9.18 Å².